The predicted octanol–water partition coefficient (Wildman–Crippen LogP) is 2.39. The van der Waals surface area contributed by atoms with Gasteiger partial charge in [0.2, 0.25) is 5.91 Å². The van der Waals surface area contributed by atoms with E-state index in [-0.39, 0.29) is 52.5 Å². The molecule has 2 saturated heterocycles. The molecule has 0 spiro atoms. The van der Waals surface area contributed by atoms with Gasteiger partial charge in [0.05, 0.1) is 11.0 Å². The molecule has 2 fully saturated rings. The summed E-state index contributed by atoms with van der Waals surface area (Å²) >= 11 is 5.92. The van der Waals surface area contributed by atoms with Crippen LogP contribution in [0.2, 0.25) is 5.02 Å². The molecule has 2 unspecified atom stereocenters. The Kier molecular flexibility index (Phi) is 8.03. The summed E-state index contributed by atoms with van der Waals surface area (Å²) in [5.74, 6) is -0.0854. The van der Waals surface area contributed by atoms with E-state index in [1.807, 2.05) is 0 Å². The summed E-state index contributed by atoms with van der Waals surface area (Å²) in [6, 6.07) is 3.82. The van der Waals surface area contributed by atoms with Crippen molar-refractivity contribution in [2.45, 2.75) is 31.7 Å². The lowest BCUT2D eigenvalue weighted by Crippen LogP contribution is -2.46. The SMILES string of the molecule is Cl.O=C(NCC1CCCN(C(=O)c2cc(Cl)cc([N+](=O)[O-])c2)C1)C1CCCN1. The number of halogens is 2. The monoisotopic (exact) mass is 430 g/mol. The molecule has 0 saturated carbocycles. The van der Waals surface area contributed by atoms with E-state index < -0.39 is 4.92 Å². The lowest BCUT2D eigenvalue weighted by Gasteiger charge is -2.33. The molecule has 0 aliphatic carbocycles. The Morgan fingerprint density at radius 3 is 2.75 bits per heavy atom. The number of non-ortho nitro benzene ring substituents is 1. The Labute approximate surface area is 174 Å². The molecule has 2 aliphatic rings. The summed E-state index contributed by atoms with van der Waals surface area (Å²) in [7, 11) is 0. The molecule has 2 N–H and O–H groups in total. The first-order chi connectivity index (χ1) is 12.9. The summed E-state index contributed by atoms with van der Waals surface area (Å²) in [4.78, 5) is 37.0. The molecule has 10 heteroatoms. The average Bonchev–Trinajstić information content (AvgIpc) is 3.20. The van der Waals surface area contributed by atoms with Crippen molar-refractivity contribution < 1.29 is 14.5 Å². The highest BCUT2D eigenvalue weighted by Crippen LogP contribution is 2.24. The maximum absolute atomic E-state index is 12.8. The number of benzene rings is 1. The number of carbonyl (C=O) groups is 2. The van der Waals surface area contributed by atoms with Crippen LogP contribution in [0.25, 0.3) is 0 Å². The van der Waals surface area contributed by atoms with E-state index in [2.05, 4.69) is 10.6 Å². The van der Waals surface area contributed by atoms with Gasteiger partial charge in [-0.25, -0.2) is 0 Å². The van der Waals surface area contributed by atoms with Crippen LogP contribution in [0.15, 0.2) is 18.2 Å². The first-order valence-electron chi connectivity index (χ1n) is 9.19. The third kappa shape index (κ3) is 5.56. The molecule has 1 aromatic rings. The largest absolute Gasteiger partial charge is 0.354 e. The summed E-state index contributed by atoms with van der Waals surface area (Å²) in [5.41, 5.74) is 0.0183. The van der Waals surface area contributed by atoms with Crippen LogP contribution in [-0.4, -0.2) is 53.9 Å². The van der Waals surface area contributed by atoms with Gasteiger partial charge < -0.3 is 15.5 Å². The van der Waals surface area contributed by atoms with Crippen molar-refractivity contribution in [3.8, 4) is 0 Å². The molecule has 3 rings (SSSR count). The molecule has 2 heterocycles. The van der Waals surface area contributed by atoms with Crippen LogP contribution >= 0.6 is 24.0 Å². The summed E-state index contributed by atoms with van der Waals surface area (Å²) in [5, 5.41) is 17.3. The first-order valence-corrected chi connectivity index (χ1v) is 9.57. The second-order valence-corrected chi connectivity index (χ2v) is 7.55. The third-order valence-corrected chi connectivity index (χ3v) is 5.31. The minimum absolute atomic E-state index is 0. The number of hydrogen-bond donors (Lipinski definition) is 2. The van der Waals surface area contributed by atoms with Crippen molar-refractivity contribution in [1.82, 2.24) is 15.5 Å². The summed E-state index contributed by atoms with van der Waals surface area (Å²) in [6.45, 7) is 2.50. The average molecular weight is 431 g/mol. The normalized spacial score (nSPS) is 21.7. The number of rotatable bonds is 5. The van der Waals surface area contributed by atoms with Crippen LogP contribution < -0.4 is 10.6 Å². The zero-order valence-electron chi connectivity index (χ0n) is 15.4. The number of amides is 2. The Hall–Kier alpha value is -1.90. The van der Waals surface area contributed by atoms with E-state index in [9.17, 15) is 19.7 Å². The first kappa shape index (κ1) is 22.4. The zero-order chi connectivity index (χ0) is 19.4. The number of nitro benzene ring substituents is 1. The van der Waals surface area contributed by atoms with Gasteiger partial charge in [-0.3, -0.25) is 19.7 Å². The third-order valence-electron chi connectivity index (χ3n) is 5.09. The molecule has 0 bridgehead atoms. The topological polar surface area (TPSA) is 105 Å². The van der Waals surface area contributed by atoms with Gasteiger partial charge in [-0.05, 0) is 44.2 Å². The van der Waals surface area contributed by atoms with Gasteiger partial charge in [-0.1, -0.05) is 11.6 Å². The fraction of sp³-hybridized carbons (Fsp3) is 0.556. The Morgan fingerprint density at radius 1 is 1.29 bits per heavy atom. The second kappa shape index (κ2) is 10.0. The van der Waals surface area contributed by atoms with Crippen molar-refractivity contribution in [2.24, 2.45) is 5.92 Å². The molecular weight excluding hydrogens is 407 g/mol. The molecule has 28 heavy (non-hydrogen) atoms. The van der Waals surface area contributed by atoms with Crippen LogP contribution in [0.3, 0.4) is 0 Å². The van der Waals surface area contributed by atoms with Gasteiger partial charge in [0.1, 0.15) is 0 Å². The maximum atomic E-state index is 12.8. The standard InChI is InChI=1S/C18H23ClN4O4.ClH/c19-14-7-13(8-15(9-14)23(26)27)18(25)22-6-2-3-12(11-22)10-21-17(24)16-4-1-5-20-16;/h7-9,12,16,20H,1-6,10-11H2,(H,21,24);1H. The van der Waals surface area contributed by atoms with Crippen LogP contribution in [0.4, 0.5) is 5.69 Å². The quantitative estimate of drug-likeness (QED) is 0.550. The van der Waals surface area contributed by atoms with Gasteiger partial charge in [-0.2, -0.15) is 0 Å². The Balaban J connectivity index is 0.00000280. The molecule has 2 aliphatic heterocycles. The van der Waals surface area contributed by atoms with E-state index in [1.165, 1.54) is 18.2 Å². The van der Waals surface area contributed by atoms with Crippen molar-refractivity contribution in [3.63, 3.8) is 0 Å². The predicted molar refractivity (Wildman–Crippen MR) is 108 cm³/mol. The van der Waals surface area contributed by atoms with Gasteiger partial charge >= 0.3 is 0 Å². The number of hydrogen-bond acceptors (Lipinski definition) is 5. The number of nitrogens with zero attached hydrogens (tertiary/aromatic N) is 2. The summed E-state index contributed by atoms with van der Waals surface area (Å²) < 4.78 is 0. The number of piperidine rings is 1. The molecule has 2 amide bonds. The minimum atomic E-state index is -0.561. The fourth-order valence-corrected chi connectivity index (χ4v) is 3.91. The van der Waals surface area contributed by atoms with E-state index in [0.717, 1.165) is 32.2 Å². The van der Waals surface area contributed by atoms with Crippen LogP contribution in [0, 0.1) is 16.0 Å². The summed E-state index contributed by atoms with van der Waals surface area (Å²) in [6.07, 6.45) is 3.62. The molecule has 1 aromatic carbocycles. The number of nitrogens with one attached hydrogen (secondary N) is 2. The zero-order valence-corrected chi connectivity index (χ0v) is 16.9. The second-order valence-electron chi connectivity index (χ2n) is 7.11. The van der Waals surface area contributed by atoms with E-state index >= 15 is 0 Å². The number of likely N-dealkylation sites (tertiary alicyclic amines) is 1. The molecule has 154 valence electrons. The van der Waals surface area contributed by atoms with Crippen molar-refractivity contribution in [3.05, 3.63) is 38.9 Å². The highest BCUT2D eigenvalue weighted by Gasteiger charge is 2.27. The lowest BCUT2D eigenvalue weighted by molar-refractivity contribution is -0.384. The molecular formula is C18H24Cl2N4O4. The highest BCUT2D eigenvalue weighted by molar-refractivity contribution is 6.31. The maximum Gasteiger partial charge on any atom is 0.271 e. The minimum Gasteiger partial charge on any atom is -0.354 e. The van der Waals surface area contributed by atoms with Crippen molar-refractivity contribution >= 4 is 41.5 Å². The smallest absolute Gasteiger partial charge is 0.271 e. The fourth-order valence-electron chi connectivity index (χ4n) is 3.68. The van der Waals surface area contributed by atoms with Gasteiger partial charge in [-0.15, -0.1) is 12.4 Å². The molecule has 2 atom stereocenters. The number of carbonyl (C=O) groups excluding carboxylic acids is 2. The molecule has 0 radical (unpaired) electrons. The highest BCUT2D eigenvalue weighted by atomic mass is 35.5. The molecule has 0 aromatic heterocycles. The van der Waals surface area contributed by atoms with Crippen molar-refractivity contribution in [2.75, 3.05) is 26.2 Å². The van der Waals surface area contributed by atoms with Crippen LogP contribution in [0.1, 0.15) is 36.0 Å². The van der Waals surface area contributed by atoms with Crippen LogP contribution in [0.5, 0.6) is 0 Å². The van der Waals surface area contributed by atoms with Gasteiger partial charge in [0.25, 0.3) is 11.6 Å². The van der Waals surface area contributed by atoms with E-state index in [0.29, 0.717) is 19.6 Å². The van der Waals surface area contributed by atoms with Gasteiger partial charge in [0.15, 0.2) is 0 Å². The Morgan fingerprint density at radius 2 is 2.07 bits per heavy atom. The van der Waals surface area contributed by atoms with E-state index in [4.69, 9.17) is 11.6 Å². The molecule has 8 nitrogen and oxygen atoms in total. The van der Waals surface area contributed by atoms with Gasteiger partial charge in [0, 0.05) is 42.4 Å². The number of nitro groups is 1. The van der Waals surface area contributed by atoms with E-state index in [1.54, 1.807) is 4.90 Å². The lowest BCUT2D eigenvalue weighted by atomic mass is 9.97. The van der Waals surface area contributed by atoms with Crippen molar-refractivity contribution in [1.29, 1.82) is 0 Å². The Bertz CT molecular complexity index is 740. The van der Waals surface area contributed by atoms with Crippen LogP contribution in [-0.2, 0) is 4.79 Å².